The Morgan fingerprint density at radius 1 is 0.897 bits per heavy atom. The van der Waals surface area contributed by atoms with E-state index in [1.807, 2.05) is 18.2 Å². The first-order valence-corrected chi connectivity index (χ1v) is 9.33. The predicted octanol–water partition coefficient (Wildman–Crippen LogP) is 4.65. The van der Waals surface area contributed by atoms with Gasteiger partial charge in [-0.05, 0) is 66.2 Å². The van der Waals surface area contributed by atoms with Gasteiger partial charge in [-0.25, -0.2) is 0 Å². The summed E-state index contributed by atoms with van der Waals surface area (Å²) < 4.78 is 0. The fourth-order valence-corrected chi connectivity index (χ4v) is 3.06. The van der Waals surface area contributed by atoms with Crippen LogP contribution in [0.15, 0.2) is 72.9 Å². The van der Waals surface area contributed by atoms with Crippen LogP contribution >= 0.6 is 11.6 Å². The number of hydrogen-bond donors (Lipinski definition) is 3. The molecule has 0 aliphatic carbocycles. The average Bonchev–Trinajstić information content (AvgIpc) is 3.18. The smallest absolute Gasteiger partial charge is 0.255 e. The molecule has 0 bridgehead atoms. The van der Waals surface area contributed by atoms with E-state index >= 15 is 0 Å². The molecule has 0 aliphatic rings. The first-order chi connectivity index (χ1) is 14.1. The normalized spacial score (nSPS) is 10.7. The number of nitrogens with zero attached hydrogens (tertiary/aromatic N) is 1. The van der Waals surface area contributed by atoms with Crippen molar-refractivity contribution >= 4 is 45.7 Å². The van der Waals surface area contributed by atoms with Crippen molar-refractivity contribution < 1.29 is 9.59 Å². The third-order valence-corrected chi connectivity index (χ3v) is 4.65. The Morgan fingerprint density at radius 3 is 2.31 bits per heavy atom. The number of carbonyl (C=O) groups excluding carboxylic acids is 2. The van der Waals surface area contributed by atoms with Gasteiger partial charge in [0.15, 0.2) is 0 Å². The summed E-state index contributed by atoms with van der Waals surface area (Å²) in [7, 11) is 0. The molecule has 7 heteroatoms. The standard InChI is InChI=1S/C22H17ClN4O2/c23-17-4-2-15(3-5-17)22(29)26-19-8-6-18(7-9-19)25-21(28)12-14-1-10-20-16(11-14)13-24-27-20/h1-11,13H,12H2,(H,24,27)(H,25,28)(H,26,29). The van der Waals surface area contributed by atoms with E-state index in [9.17, 15) is 9.59 Å². The summed E-state index contributed by atoms with van der Waals surface area (Å²) in [6.07, 6.45) is 1.99. The van der Waals surface area contributed by atoms with Crippen LogP contribution < -0.4 is 10.6 Å². The molecule has 0 atom stereocenters. The second-order valence-corrected chi connectivity index (χ2v) is 6.99. The average molecular weight is 405 g/mol. The van der Waals surface area contributed by atoms with Crippen LogP contribution in [0, 0.1) is 0 Å². The van der Waals surface area contributed by atoms with E-state index in [4.69, 9.17) is 11.6 Å². The minimum absolute atomic E-state index is 0.120. The number of fused-ring (bicyclic) bond motifs is 1. The first-order valence-electron chi connectivity index (χ1n) is 8.96. The quantitative estimate of drug-likeness (QED) is 0.452. The van der Waals surface area contributed by atoms with Crippen LogP contribution in [0.4, 0.5) is 11.4 Å². The number of anilines is 2. The highest BCUT2D eigenvalue weighted by molar-refractivity contribution is 6.30. The summed E-state index contributed by atoms with van der Waals surface area (Å²) in [5.41, 5.74) is 3.65. The van der Waals surface area contributed by atoms with Crippen LogP contribution in [0.25, 0.3) is 10.9 Å². The van der Waals surface area contributed by atoms with E-state index in [0.717, 1.165) is 16.5 Å². The van der Waals surface area contributed by atoms with Gasteiger partial charge >= 0.3 is 0 Å². The maximum atomic E-state index is 12.3. The number of halogens is 1. The SMILES string of the molecule is O=C(Cc1ccc2[nH]ncc2c1)Nc1ccc(NC(=O)c2ccc(Cl)cc2)cc1. The van der Waals surface area contributed by atoms with Crippen molar-refractivity contribution in [3.8, 4) is 0 Å². The molecule has 0 spiro atoms. The summed E-state index contributed by atoms with van der Waals surface area (Å²) in [4.78, 5) is 24.6. The van der Waals surface area contributed by atoms with Crippen LogP contribution in [0.1, 0.15) is 15.9 Å². The molecular formula is C22H17ClN4O2. The van der Waals surface area contributed by atoms with Crippen LogP contribution in [0.5, 0.6) is 0 Å². The Balaban J connectivity index is 1.35. The van der Waals surface area contributed by atoms with Gasteiger partial charge in [0, 0.05) is 27.3 Å². The van der Waals surface area contributed by atoms with Gasteiger partial charge in [-0.2, -0.15) is 5.10 Å². The Kier molecular flexibility index (Phi) is 5.27. The lowest BCUT2D eigenvalue weighted by molar-refractivity contribution is -0.115. The lowest BCUT2D eigenvalue weighted by atomic mass is 10.1. The second kappa shape index (κ2) is 8.16. The van der Waals surface area contributed by atoms with Gasteiger partial charge in [-0.1, -0.05) is 17.7 Å². The highest BCUT2D eigenvalue weighted by Crippen LogP contribution is 2.17. The predicted molar refractivity (Wildman–Crippen MR) is 114 cm³/mol. The molecule has 144 valence electrons. The van der Waals surface area contributed by atoms with Gasteiger partial charge in [0.2, 0.25) is 5.91 Å². The van der Waals surface area contributed by atoms with E-state index in [2.05, 4.69) is 20.8 Å². The number of aromatic amines is 1. The minimum Gasteiger partial charge on any atom is -0.326 e. The van der Waals surface area contributed by atoms with Crippen molar-refractivity contribution in [3.63, 3.8) is 0 Å². The molecule has 3 aromatic carbocycles. The number of hydrogen-bond acceptors (Lipinski definition) is 3. The number of amides is 2. The van der Waals surface area contributed by atoms with Crippen molar-refractivity contribution in [2.24, 2.45) is 0 Å². The van der Waals surface area contributed by atoms with Gasteiger partial charge in [0.25, 0.3) is 5.91 Å². The highest BCUT2D eigenvalue weighted by Gasteiger charge is 2.08. The molecule has 4 aromatic rings. The third kappa shape index (κ3) is 4.62. The van der Waals surface area contributed by atoms with Gasteiger partial charge in [-0.3, -0.25) is 14.7 Å². The summed E-state index contributed by atoms with van der Waals surface area (Å²) in [5, 5.41) is 14.1. The lowest BCUT2D eigenvalue weighted by Gasteiger charge is -2.08. The fourth-order valence-electron chi connectivity index (χ4n) is 2.93. The number of carbonyl (C=O) groups is 2. The zero-order valence-corrected chi connectivity index (χ0v) is 16.0. The van der Waals surface area contributed by atoms with Crippen molar-refractivity contribution in [1.29, 1.82) is 0 Å². The summed E-state index contributed by atoms with van der Waals surface area (Å²) in [6.45, 7) is 0. The molecule has 0 fully saturated rings. The van der Waals surface area contributed by atoms with Crippen molar-refractivity contribution in [1.82, 2.24) is 10.2 Å². The lowest BCUT2D eigenvalue weighted by Crippen LogP contribution is -2.15. The molecule has 29 heavy (non-hydrogen) atoms. The van der Waals surface area contributed by atoms with Crippen molar-refractivity contribution in [2.45, 2.75) is 6.42 Å². The van der Waals surface area contributed by atoms with Gasteiger partial charge in [0.1, 0.15) is 0 Å². The second-order valence-electron chi connectivity index (χ2n) is 6.55. The maximum Gasteiger partial charge on any atom is 0.255 e. The molecular weight excluding hydrogens is 388 g/mol. The Labute approximate surface area is 171 Å². The number of rotatable bonds is 5. The summed E-state index contributed by atoms with van der Waals surface area (Å²) in [5.74, 6) is -0.348. The van der Waals surface area contributed by atoms with Gasteiger partial charge < -0.3 is 10.6 Å². The molecule has 0 radical (unpaired) electrons. The number of aromatic nitrogens is 2. The third-order valence-electron chi connectivity index (χ3n) is 4.40. The molecule has 0 unspecified atom stereocenters. The molecule has 1 heterocycles. The van der Waals surface area contributed by atoms with E-state index < -0.39 is 0 Å². The largest absolute Gasteiger partial charge is 0.326 e. The molecule has 0 aliphatic heterocycles. The number of nitrogens with one attached hydrogen (secondary N) is 3. The monoisotopic (exact) mass is 404 g/mol. The maximum absolute atomic E-state index is 12.3. The topological polar surface area (TPSA) is 86.9 Å². The van der Waals surface area contributed by atoms with E-state index in [0.29, 0.717) is 22.0 Å². The molecule has 6 nitrogen and oxygen atoms in total. The Morgan fingerprint density at radius 2 is 1.59 bits per heavy atom. The van der Waals surface area contributed by atoms with Crippen molar-refractivity contribution in [2.75, 3.05) is 10.6 Å². The van der Waals surface area contributed by atoms with Crippen LogP contribution in [0.2, 0.25) is 5.02 Å². The van der Waals surface area contributed by atoms with Crippen molar-refractivity contribution in [3.05, 3.63) is 89.1 Å². The van der Waals surface area contributed by atoms with Gasteiger partial charge in [0.05, 0.1) is 18.1 Å². The van der Waals surface area contributed by atoms with E-state index in [1.54, 1.807) is 54.7 Å². The number of benzene rings is 3. The van der Waals surface area contributed by atoms with Crippen LogP contribution in [0.3, 0.4) is 0 Å². The molecule has 2 amide bonds. The molecule has 0 saturated carbocycles. The van der Waals surface area contributed by atoms with Crippen LogP contribution in [-0.2, 0) is 11.2 Å². The Bertz CT molecular complexity index is 1170. The molecule has 4 rings (SSSR count). The van der Waals surface area contributed by atoms with Gasteiger partial charge in [-0.15, -0.1) is 0 Å². The molecule has 3 N–H and O–H groups in total. The van der Waals surface area contributed by atoms with E-state index in [-0.39, 0.29) is 18.2 Å². The Hall–Kier alpha value is -3.64. The molecule has 1 aromatic heterocycles. The first kappa shape index (κ1) is 18.7. The van der Waals surface area contributed by atoms with Crippen LogP contribution in [-0.4, -0.2) is 22.0 Å². The summed E-state index contributed by atoms with van der Waals surface area (Å²) in [6, 6.07) is 19.4. The van der Waals surface area contributed by atoms with E-state index in [1.165, 1.54) is 0 Å². The number of H-pyrrole nitrogens is 1. The molecule has 0 saturated heterocycles. The minimum atomic E-state index is -0.229. The highest BCUT2D eigenvalue weighted by atomic mass is 35.5. The zero-order valence-electron chi connectivity index (χ0n) is 15.3. The fraction of sp³-hybridized carbons (Fsp3) is 0.0455. The summed E-state index contributed by atoms with van der Waals surface area (Å²) >= 11 is 5.84. The zero-order chi connectivity index (χ0) is 20.2.